The second-order valence-electron chi connectivity index (χ2n) is 6.75. The number of allylic oxidation sites excluding steroid dienone is 2. The summed E-state index contributed by atoms with van der Waals surface area (Å²) in [4.78, 5) is 20.7. The van der Waals surface area contributed by atoms with E-state index in [0.717, 1.165) is 6.20 Å². The molecule has 3 rings (SSSR count). The summed E-state index contributed by atoms with van der Waals surface area (Å²) in [5.41, 5.74) is 2.43. The van der Waals surface area contributed by atoms with E-state index in [-0.39, 0.29) is 12.5 Å². The van der Waals surface area contributed by atoms with Crippen molar-refractivity contribution in [1.82, 2.24) is 15.3 Å². The van der Waals surface area contributed by atoms with E-state index in [0.29, 0.717) is 39.7 Å². The number of carbonyl (C=O) groups is 1. The van der Waals surface area contributed by atoms with Crippen LogP contribution in [0.4, 0.5) is 10.2 Å². The quantitative estimate of drug-likeness (QED) is 0.495. The molecular weight excluding hydrogens is 395 g/mol. The molecule has 0 radical (unpaired) electrons. The third kappa shape index (κ3) is 5.99. The van der Waals surface area contributed by atoms with Crippen molar-refractivity contribution in [3.05, 3.63) is 102 Å². The molecule has 0 spiro atoms. The van der Waals surface area contributed by atoms with Gasteiger partial charge in [0.05, 0.1) is 6.20 Å². The molecule has 1 amide bonds. The lowest BCUT2D eigenvalue weighted by Gasteiger charge is -2.13. The predicted molar refractivity (Wildman–Crippen MR) is 118 cm³/mol. The summed E-state index contributed by atoms with van der Waals surface area (Å²) < 4.78 is 19.3. The molecule has 2 heterocycles. The second-order valence-corrected chi connectivity index (χ2v) is 6.75. The van der Waals surface area contributed by atoms with E-state index in [2.05, 4.69) is 27.2 Å². The fourth-order valence-corrected chi connectivity index (χ4v) is 2.88. The van der Waals surface area contributed by atoms with E-state index in [4.69, 9.17) is 4.74 Å². The first-order valence-corrected chi connectivity index (χ1v) is 9.66. The maximum Gasteiger partial charge on any atom is 0.251 e. The van der Waals surface area contributed by atoms with E-state index >= 15 is 0 Å². The lowest BCUT2D eigenvalue weighted by atomic mass is 10.1. The molecule has 31 heavy (non-hydrogen) atoms. The van der Waals surface area contributed by atoms with E-state index in [1.54, 1.807) is 36.5 Å². The lowest BCUT2D eigenvalue weighted by Crippen LogP contribution is -2.23. The van der Waals surface area contributed by atoms with Gasteiger partial charge in [0.1, 0.15) is 23.1 Å². The number of nitrogens with one attached hydrogen (secondary N) is 2. The average Bonchev–Trinajstić information content (AvgIpc) is 2.74. The third-order valence-electron chi connectivity index (χ3n) is 4.36. The summed E-state index contributed by atoms with van der Waals surface area (Å²) in [6.45, 7) is 7.78. The van der Waals surface area contributed by atoms with Crippen LogP contribution in [0.3, 0.4) is 0 Å². The smallest absolute Gasteiger partial charge is 0.251 e. The highest BCUT2D eigenvalue weighted by Crippen LogP contribution is 2.28. The number of aromatic nitrogens is 2. The number of rotatable bonds is 8. The molecule has 0 fully saturated rings. The van der Waals surface area contributed by atoms with Gasteiger partial charge >= 0.3 is 0 Å². The highest BCUT2D eigenvalue weighted by Gasteiger charge is 2.13. The van der Waals surface area contributed by atoms with Crippen LogP contribution < -0.4 is 15.4 Å². The van der Waals surface area contributed by atoms with Crippen LogP contribution in [0.5, 0.6) is 11.5 Å². The molecule has 2 N–H and O–H groups in total. The second kappa shape index (κ2) is 10.2. The Balaban J connectivity index is 1.72. The van der Waals surface area contributed by atoms with E-state index < -0.39 is 5.82 Å². The first kappa shape index (κ1) is 21.7. The number of hydrogen-bond donors (Lipinski definition) is 2. The minimum Gasteiger partial charge on any atom is -0.457 e. The van der Waals surface area contributed by atoms with Crippen molar-refractivity contribution < 1.29 is 13.9 Å². The number of ether oxygens (including phenoxy) is 1. The summed E-state index contributed by atoms with van der Waals surface area (Å²) in [6, 6.07) is 10.1. The number of carbonyl (C=O) groups excluding carboxylic acids is 1. The maximum absolute atomic E-state index is 13.3. The standard InChI is InChI=1S/C24H23FN4O2/c1-4-6-16(2)29-23-12-20(9-10-27-23)31-22-8-5-7-21(17(22)3)24(30)28-14-18-11-19(25)15-26-13-18/h4-13,15H,2,14H2,1,3H3,(H,27,29)(H,28,30)/b6-4-. The Morgan fingerprint density at radius 2 is 2.10 bits per heavy atom. The highest BCUT2D eigenvalue weighted by atomic mass is 19.1. The Bertz CT molecular complexity index is 1130. The van der Waals surface area contributed by atoms with Crippen LogP contribution in [-0.2, 0) is 6.54 Å². The van der Waals surface area contributed by atoms with Crippen LogP contribution in [-0.4, -0.2) is 15.9 Å². The van der Waals surface area contributed by atoms with Gasteiger partial charge in [-0.25, -0.2) is 9.37 Å². The maximum atomic E-state index is 13.3. The average molecular weight is 418 g/mol. The van der Waals surface area contributed by atoms with Crippen LogP contribution >= 0.6 is 0 Å². The Labute approximate surface area is 180 Å². The van der Waals surface area contributed by atoms with Crippen molar-refractivity contribution in [3.63, 3.8) is 0 Å². The van der Waals surface area contributed by atoms with Crippen molar-refractivity contribution in [2.45, 2.75) is 20.4 Å². The summed E-state index contributed by atoms with van der Waals surface area (Å²) in [5.74, 6) is 0.975. The van der Waals surface area contributed by atoms with Gasteiger partial charge in [0.15, 0.2) is 0 Å². The Morgan fingerprint density at radius 3 is 2.87 bits per heavy atom. The summed E-state index contributed by atoms with van der Waals surface area (Å²) in [6.07, 6.45) is 7.96. The van der Waals surface area contributed by atoms with Crippen LogP contribution in [0, 0.1) is 12.7 Å². The van der Waals surface area contributed by atoms with Crippen LogP contribution in [0.1, 0.15) is 28.4 Å². The van der Waals surface area contributed by atoms with Crippen molar-refractivity contribution in [1.29, 1.82) is 0 Å². The zero-order chi connectivity index (χ0) is 22.2. The number of amides is 1. The predicted octanol–water partition coefficient (Wildman–Crippen LogP) is 5.15. The molecule has 1 aromatic carbocycles. The van der Waals surface area contributed by atoms with E-state index in [1.807, 2.05) is 26.0 Å². The molecule has 7 heteroatoms. The largest absolute Gasteiger partial charge is 0.457 e. The molecule has 6 nitrogen and oxygen atoms in total. The molecule has 2 aromatic heterocycles. The summed E-state index contributed by atoms with van der Waals surface area (Å²) >= 11 is 0. The van der Waals surface area contributed by atoms with Gasteiger partial charge in [0, 0.05) is 41.8 Å². The minimum absolute atomic E-state index is 0.170. The van der Waals surface area contributed by atoms with E-state index in [9.17, 15) is 9.18 Å². The van der Waals surface area contributed by atoms with Crippen molar-refractivity contribution >= 4 is 11.7 Å². The normalized spacial score (nSPS) is 10.7. The zero-order valence-corrected chi connectivity index (χ0v) is 17.4. The van der Waals surface area contributed by atoms with Gasteiger partial charge in [-0.05, 0) is 49.8 Å². The molecule has 3 aromatic rings. The fourth-order valence-electron chi connectivity index (χ4n) is 2.88. The molecule has 0 aliphatic rings. The molecule has 0 atom stereocenters. The van der Waals surface area contributed by atoms with Gasteiger partial charge in [0.2, 0.25) is 0 Å². The molecule has 0 aliphatic heterocycles. The van der Waals surface area contributed by atoms with Gasteiger partial charge in [0.25, 0.3) is 5.91 Å². The fraction of sp³-hybridized carbons (Fsp3) is 0.125. The first-order valence-electron chi connectivity index (χ1n) is 9.66. The van der Waals surface area contributed by atoms with Crippen molar-refractivity contribution in [3.8, 4) is 11.5 Å². The van der Waals surface area contributed by atoms with Gasteiger partial charge in [-0.15, -0.1) is 0 Å². The molecule has 158 valence electrons. The number of pyridine rings is 2. The van der Waals surface area contributed by atoms with Crippen LogP contribution in [0.2, 0.25) is 0 Å². The number of nitrogens with zero attached hydrogens (tertiary/aromatic N) is 2. The summed E-state index contributed by atoms with van der Waals surface area (Å²) in [5, 5.41) is 5.86. The molecule has 0 saturated heterocycles. The zero-order valence-electron chi connectivity index (χ0n) is 17.4. The number of hydrogen-bond acceptors (Lipinski definition) is 5. The Kier molecular flexibility index (Phi) is 7.11. The van der Waals surface area contributed by atoms with Crippen LogP contribution in [0.25, 0.3) is 0 Å². The van der Waals surface area contributed by atoms with Gasteiger partial charge in [-0.2, -0.15) is 0 Å². The number of halogens is 1. The Hall–Kier alpha value is -4.00. The molecule has 0 bridgehead atoms. The van der Waals surface area contributed by atoms with Gasteiger partial charge in [-0.3, -0.25) is 9.78 Å². The first-order chi connectivity index (χ1) is 15.0. The third-order valence-corrected chi connectivity index (χ3v) is 4.36. The van der Waals surface area contributed by atoms with Crippen LogP contribution in [0.15, 0.2) is 79.4 Å². The molecule has 0 saturated carbocycles. The monoisotopic (exact) mass is 418 g/mol. The van der Waals surface area contributed by atoms with Crippen molar-refractivity contribution in [2.75, 3.05) is 5.32 Å². The van der Waals surface area contributed by atoms with Gasteiger partial charge in [-0.1, -0.05) is 18.7 Å². The number of benzene rings is 1. The lowest BCUT2D eigenvalue weighted by molar-refractivity contribution is 0.0950. The Morgan fingerprint density at radius 1 is 1.26 bits per heavy atom. The SMILES string of the molecule is C=C(/C=C\C)Nc1cc(Oc2cccc(C(=O)NCc3cncc(F)c3)c2C)ccn1. The van der Waals surface area contributed by atoms with Crippen molar-refractivity contribution in [2.24, 2.45) is 0 Å². The topological polar surface area (TPSA) is 76.1 Å². The summed E-state index contributed by atoms with van der Waals surface area (Å²) in [7, 11) is 0. The molecule has 0 unspecified atom stereocenters. The minimum atomic E-state index is -0.446. The molecule has 0 aliphatic carbocycles. The highest BCUT2D eigenvalue weighted by molar-refractivity contribution is 5.96. The molecular formula is C24H23FN4O2. The van der Waals surface area contributed by atoms with Gasteiger partial charge < -0.3 is 15.4 Å². The number of anilines is 1. The van der Waals surface area contributed by atoms with E-state index in [1.165, 1.54) is 12.3 Å².